The van der Waals surface area contributed by atoms with Crippen LogP contribution in [0.5, 0.6) is 0 Å². The topological polar surface area (TPSA) is 32.3 Å². The molecular formula is C14H27ClN2O. The molecule has 0 unspecified atom stereocenters. The Hall–Kier alpha value is -0.280. The fourth-order valence-corrected chi connectivity index (χ4v) is 2.96. The first-order valence-corrected chi connectivity index (χ1v) is 7.30. The predicted molar refractivity (Wildman–Crippen MR) is 77.1 cm³/mol. The number of carbonyl (C=O) groups excluding carboxylic acids is 1. The molecule has 1 amide bonds. The van der Waals surface area contributed by atoms with Gasteiger partial charge in [-0.25, -0.2) is 0 Å². The molecule has 0 aromatic carbocycles. The van der Waals surface area contributed by atoms with E-state index in [-0.39, 0.29) is 18.3 Å². The smallest absolute Gasteiger partial charge is 0.228 e. The van der Waals surface area contributed by atoms with Gasteiger partial charge >= 0.3 is 0 Å². The average molecular weight is 275 g/mol. The van der Waals surface area contributed by atoms with Crippen LogP contribution in [0.3, 0.4) is 0 Å². The van der Waals surface area contributed by atoms with Crippen LogP contribution in [0, 0.1) is 11.8 Å². The maximum Gasteiger partial charge on any atom is 0.228 e. The van der Waals surface area contributed by atoms with Gasteiger partial charge in [0.15, 0.2) is 0 Å². The predicted octanol–water partition coefficient (Wildman–Crippen LogP) is 2.45. The fourth-order valence-electron chi connectivity index (χ4n) is 2.96. The molecule has 0 spiro atoms. The lowest BCUT2D eigenvalue weighted by Crippen LogP contribution is -2.53. The summed E-state index contributed by atoms with van der Waals surface area (Å²) in [6.07, 6.45) is 7.86. The highest BCUT2D eigenvalue weighted by Crippen LogP contribution is 2.25. The van der Waals surface area contributed by atoms with Gasteiger partial charge in [0.25, 0.3) is 0 Å². The number of hydrogen-bond acceptors (Lipinski definition) is 2. The summed E-state index contributed by atoms with van der Waals surface area (Å²) in [5, 5.41) is 3.20. The zero-order valence-electron chi connectivity index (χ0n) is 11.5. The molecule has 0 aromatic rings. The molecule has 4 heteroatoms. The van der Waals surface area contributed by atoms with E-state index in [2.05, 4.69) is 17.1 Å². The average Bonchev–Trinajstić information content (AvgIpc) is 2.27. The molecule has 106 valence electrons. The van der Waals surface area contributed by atoms with Crippen molar-refractivity contribution in [1.82, 2.24) is 10.2 Å². The monoisotopic (exact) mass is 274 g/mol. The molecule has 1 saturated heterocycles. The van der Waals surface area contributed by atoms with Crippen molar-refractivity contribution in [3.63, 3.8) is 0 Å². The summed E-state index contributed by atoms with van der Waals surface area (Å²) in [4.78, 5) is 14.4. The van der Waals surface area contributed by atoms with Gasteiger partial charge < -0.3 is 10.2 Å². The number of carbonyl (C=O) groups is 1. The molecule has 1 aliphatic carbocycles. The van der Waals surface area contributed by atoms with Crippen molar-refractivity contribution in [2.75, 3.05) is 26.2 Å². The van der Waals surface area contributed by atoms with E-state index in [9.17, 15) is 4.79 Å². The number of hydrogen-bond donors (Lipinski definition) is 1. The Labute approximate surface area is 117 Å². The zero-order valence-corrected chi connectivity index (χ0v) is 12.3. The van der Waals surface area contributed by atoms with Crippen LogP contribution in [-0.4, -0.2) is 37.0 Å². The van der Waals surface area contributed by atoms with E-state index in [1.165, 1.54) is 32.1 Å². The third-order valence-corrected chi connectivity index (χ3v) is 4.14. The van der Waals surface area contributed by atoms with E-state index in [4.69, 9.17) is 0 Å². The van der Waals surface area contributed by atoms with E-state index < -0.39 is 0 Å². The summed E-state index contributed by atoms with van der Waals surface area (Å²) < 4.78 is 0. The maximum absolute atomic E-state index is 12.3. The highest BCUT2D eigenvalue weighted by Gasteiger charge is 2.30. The van der Waals surface area contributed by atoms with Gasteiger partial charge in [0, 0.05) is 26.2 Å². The van der Waals surface area contributed by atoms with Crippen LogP contribution >= 0.6 is 12.4 Å². The molecule has 0 radical (unpaired) electrons. The van der Waals surface area contributed by atoms with Gasteiger partial charge in [0.05, 0.1) is 5.92 Å². The second-order valence-corrected chi connectivity index (χ2v) is 5.64. The Bertz CT molecular complexity index is 250. The minimum absolute atomic E-state index is 0. The van der Waals surface area contributed by atoms with E-state index in [1.54, 1.807) is 0 Å². The van der Waals surface area contributed by atoms with Crippen LogP contribution in [-0.2, 0) is 4.79 Å². The molecule has 18 heavy (non-hydrogen) atoms. The maximum atomic E-state index is 12.3. The quantitative estimate of drug-likeness (QED) is 0.835. The Morgan fingerprint density at radius 2 is 1.89 bits per heavy atom. The molecule has 2 fully saturated rings. The van der Waals surface area contributed by atoms with E-state index in [0.717, 1.165) is 38.5 Å². The number of rotatable bonds is 5. The van der Waals surface area contributed by atoms with Crippen molar-refractivity contribution in [3.05, 3.63) is 0 Å². The van der Waals surface area contributed by atoms with Crippen molar-refractivity contribution in [1.29, 1.82) is 0 Å². The summed E-state index contributed by atoms with van der Waals surface area (Å²) in [6, 6.07) is 0. The molecule has 1 aliphatic heterocycles. The Morgan fingerprint density at radius 3 is 2.39 bits per heavy atom. The van der Waals surface area contributed by atoms with Crippen LogP contribution < -0.4 is 5.32 Å². The molecule has 0 aromatic heterocycles. The number of halogens is 1. The summed E-state index contributed by atoms with van der Waals surface area (Å²) >= 11 is 0. The van der Waals surface area contributed by atoms with Crippen LogP contribution in [0.1, 0.15) is 45.4 Å². The molecule has 3 nitrogen and oxygen atoms in total. The van der Waals surface area contributed by atoms with Gasteiger partial charge in [0.2, 0.25) is 5.91 Å². The molecule has 1 saturated carbocycles. The molecule has 1 N–H and O–H groups in total. The van der Waals surface area contributed by atoms with Crippen molar-refractivity contribution in [3.8, 4) is 0 Å². The first-order valence-electron chi connectivity index (χ1n) is 7.30. The second kappa shape index (κ2) is 8.00. The normalized spacial score (nSPS) is 20.9. The van der Waals surface area contributed by atoms with Gasteiger partial charge in [-0.2, -0.15) is 0 Å². The van der Waals surface area contributed by atoms with Gasteiger partial charge in [-0.05, 0) is 25.2 Å². The summed E-state index contributed by atoms with van der Waals surface area (Å²) in [7, 11) is 0. The molecule has 2 aliphatic rings. The summed E-state index contributed by atoms with van der Waals surface area (Å²) in [6.45, 7) is 5.92. The third kappa shape index (κ3) is 4.13. The SMILES string of the molecule is CCCN(CC1CCCCC1)C(=O)C1CNC1.Cl. The van der Waals surface area contributed by atoms with Crippen molar-refractivity contribution < 1.29 is 4.79 Å². The number of nitrogens with one attached hydrogen (secondary N) is 1. The lowest BCUT2D eigenvalue weighted by Gasteiger charge is -2.35. The molecule has 0 atom stereocenters. The first-order chi connectivity index (χ1) is 8.31. The van der Waals surface area contributed by atoms with Crippen LogP contribution in [0.4, 0.5) is 0 Å². The van der Waals surface area contributed by atoms with Crippen LogP contribution in [0.25, 0.3) is 0 Å². The van der Waals surface area contributed by atoms with Crippen LogP contribution in [0.2, 0.25) is 0 Å². The molecule has 1 heterocycles. The fraction of sp³-hybridized carbons (Fsp3) is 0.929. The van der Waals surface area contributed by atoms with Gasteiger partial charge in [0.1, 0.15) is 0 Å². The van der Waals surface area contributed by atoms with Gasteiger partial charge in [-0.15, -0.1) is 12.4 Å². The Morgan fingerprint density at radius 1 is 1.22 bits per heavy atom. The number of nitrogens with zero attached hydrogens (tertiary/aromatic N) is 1. The standard InChI is InChI=1S/C14H26N2O.ClH/c1-2-8-16(14(17)13-9-15-10-13)11-12-6-4-3-5-7-12;/h12-13,15H,2-11H2,1H3;1H. The van der Waals surface area contributed by atoms with Crippen LogP contribution in [0.15, 0.2) is 0 Å². The highest BCUT2D eigenvalue weighted by atomic mass is 35.5. The van der Waals surface area contributed by atoms with E-state index in [1.807, 2.05) is 0 Å². The molecule has 2 rings (SSSR count). The highest BCUT2D eigenvalue weighted by molar-refractivity contribution is 5.85. The van der Waals surface area contributed by atoms with Crippen molar-refractivity contribution in [2.45, 2.75) is 45.4 Å². The second-order valence-electron chi connectivity index (χ2n) is 5.64. The first kappa shape index (κ1) is 15.8. The van der Waals surface area contributed by atoms with Crippen molar-refractivity contribution in [2.24, 2.45) is 11.8 Å². The lowest BCUT2D eigenvalue weighted by molar-refractivity contribution is -0.138. The Kier molecular flexibility index (Phi) is 7.02. The zero-order chi connectivity index (χ0) is 12.1. The van der Waals surface area contributed by atoms with E-state index >= 15 is 0 Å². The van der Waals surface area contributed by atoms with E-state index in [0.29, 0.717) is 5.91 Å². The Balaban J connectivity index is 0.00000162. The minimum atomic E-state index is 0. The van der Waals surface area contributed by atoms with Gasteiger partial charge in [-0.3, -0.25) is 4.79 Å². The van der Waals surface area contributed by atoms with Gasteiger partial charge in [-0.1, -0.05) is 26.2 Å². The molecule has 0 bridgehead atoms. The van der Waals surface area contributed by atoms with Crippen molar-refractivity contribution >= 4 is 18.3 Å². The lowest BCUT2D eigenvalue weighted by atomic mass is 9.88. The third-order valence-electron chi connectivity index (χ3n) is 4.14. The number of amides is 1. The summed E-state index contributed by atoms with van der Waals surface area (Å²) in [5.74, 6) is 1.44. The molecular weight excluding hydrogens is 248 g/mol. The minimum Gasteiger partial charge on any atom is -0.342 e. The largest absolute Gasteiger partial charge is 0.342 e. The summed E-state index contributed by atoms with van der Waals surface area (Å²) in [5.41, 5.74) is 0.